The zero-order valence-corrected chi connectivity index (χ0v) is 9.62. The molecule has 16 heavy (non-hydrogen) atoms. The summed E-state index contributed by atoms with van der Waals surface area (Å²) in [5.41, 5.74) is 4.66. The van der Waals surface area contributed by atoms with Crippen LogP contribution >= 0.6 is 0 Å². The van der Waals surface area contributed by atoms with E-state index in [2.05, 4.69) is 13.8 Å². The number of allylic oxidation sites excluding steroid dienone is 2. The van der Waals surface area contributed by atoms with Crippen molar-refractivity contribution < 1.29 is 19.1 Å². The number of carbonyl (C=O) groups is 2. The van der Waals surface area contributed by atoms with Crippen LogP contribution in [0, 0.1) is 0 Å². The number of rotatable bonds is 6. The molecule has 0 amide bonds. The van der Waals surface area contributed by atoms with Crippen molar-refractivity contribution in [3.8, 4) is 0 Å². The maximum atomic E-state index is 10.2. The first-order valence-electron chi connectivity index (χ1n) is 5.14. The van der Waals surface area contributed by atoms with Gasteiger partial charge in [0.05, 0.1) is 0 Å². The Hall–Kier alpha value is -1.58. The fraction of sp³-hybridized carbons (Fsp3) is 0.500. The van der Waals surface area contributed by atoms with Crippen molar-refractivity contribution in [3.05, 3.63) is 22.3 Å². The Morgan fingerprint density at radius 1 is 0.938 bits per heavy atom. The van der Waals surface area contributed by atoms with Crippen LogP contribution in [0.4, 0.5) is 0 Å². The Morgan fingerprint density at radius 3 is 1.62 bits per heavy atom. The second-order valence-electron chi connectivity index (χ2n) is 3.94. The van der Waals surface area contributed by atoms with Gasteiger partial charge in [0.25, 0.3) is 12.9 Å². The van der Waals surface area contributed by atoms with Gasteiger partial charge in [0.2, 0.25) is 0 Å². The molecule has 4 heteroatoms. The number of hydrogen-bond acceptors (Lipinski definition) is 4. The minimum Gasteiger partial charge on any atom is -0.463 e. The van der Waals surface area contributed by atoms with E-state index in [1.54, 1.807) is 0 Å². The summed E-state index contributed by atoms with van der Waals surface area (Å²) < 4.78 is 9.52. The Bertz CT molecular complexity index is 307. The molecule has 0 aromatic heterocycles. The molecule has 0 radical (unpaired) electrons. The fourth-order valence-corrected chi connectivity index (χ4v) is 1.77. The van der Waals surface area contributed by atoms with Crippen molar-refractivity contribution in [1.29, 1.82) is 0 Å². The molecular formula is C12H16O4. The molecule has 1 aliphatic carbocycles. The topological polar surface area (TPSA) is 52.6 Å². The highest BCUT2D eigenvalue weighted by molar-refractivity contribution is 5.41. The summed E-state index contributed by atoms with van der Waals surface area (Å²) in [6.45, 7) is 5.57. The Morgan fingerprint density at radius 2 is 1.31 bits per heavy atom. The van der Waals surface area contributed by atoms with Crippen LogP contribution in [-0.2, 0) is 19.1 Å². The smallest absolute Gasteiger partial charge is 0.293 e. The van der Waals surface area contributed by atoms with E-state index in [-0.39, 0.29) is 13.2 Å². The summed E-state index contributed by atoms with van der Waals surface area (Å²) in [5, 5.41) is 0. The van der Waals surface area contributed by atoms with Crippen LogP contribution in [0.1, 0.15) is 26.7 Å². The third-order valence-electron chi connectivity index (χ3n) is 2.84. The highest BCUT2D eigenvalue weighted by atomic mass is 16.5. The number of ether oxygens (including phenoxy) is 2. The lowest BCUT2D eigenvalue weighted by Crippen LogP contribution is -2.11. The van der Waals surface area contributed by atoms with Gasteiger partial charge < -0.3 is 9.47 Å². The van der Waals surface area contributed by atoms with Gasteiger partial charge in [-0.2, -0.15) is 0 Å². The molecule has 0 spiro atoms. The Kier molecular flexibility index (Phi) is 4.76. The minimum absolute atomic E-state index is 0.283. The lowest BCUT2D eigenvalue weighted by Gasteiger charge is -2.21. The molecule has 0 saturated heterocycles. The second kappa shape index (κ2) is 6.10. The normalized spacial score (nSPS) is 16.1. The molecule has 0 bridgehead atoms. The van der Waals surface area contributed by atoms with Gasteiger partial charge in [0.15, 0.2) is 0 Å². The summed E-state index contributed by atoms with van der Waals surface area (Å²) in [7, 11) is 0. The maximum Gasteiger partial charge on any atom is 0.293 e. The van der Waals surface area contributed by atoms with E-state index in [0.717, 1.165) is 24.0 Å². The van der Waals surface area contributed by atoms with Crippen molar-refractivity contribution >= 4 is 12.9 Å². The van der Waals surface area contributed by atoms with Crippen molar-refractivity contribution in [2.45, 2.75) is 26.7 Å². The summed E-state index contributed by atoms with van der Waals surface area (Å²) >= 11 is 0. The van der Waals surface area contributed by atoms with Gasteiger partial charge in [0.1, 0.15) is 13.2 Å². The van der Waals surface area contributed by atoms with Gasteiger partial charge in [-0.15, -0.1) is 0 Å². The highest BCUT2D eigenvalue weighted by Crippen LogP contribution is 2.29. The van der Waals surface area contributed by atoms with Gasteiger partial charge >= 0.3 is 0 Å². The van der Waals surface area contributed by atoms with Crippen LogP contribution in [0.25, 0.3) is 0 Å². The molecular weight excluding hydrogens is 208 g/mol. The summed E-state index contributed by atoms with van der Waals surface area (Å²) in [5.74, 6) is 0. The minimum atomic E-state index is 0.283. The Labute approximate surface area is 94.9 Å². The molecule has 0 aromatic carbocycles. The van der Waals surface area contributed by atoms with Gasteiger partial charge in [0, 0.05) is 0 Å². The molecule has 0 fully saturated rings. The molecule has 4 nitrogen and oxygen atoms in total. The lowest BCUT2D eigenvalue weighted by atomic mass is 9.88. The van der Waals surface area contributed by atoms with E-state index in [4.69, 9.17) is 9.47 Å². The maximum absolute atomic E-state index is 10.2. The van der Waals surface area contributed by atoms with Crippen LogP contribution < -0.4 is 0 Å². The molecule has 1 aliphatic rings. The fourth-order valence-electron chi connectivity index (χ4n) is 1.77. The lowest BCUT2D eigenvalue weighted by molar-refractivity contribution is -0.129. The van der Waals surface area contributed by atoms with Crippen molar-refractivity contribution in [3.63, 3.8) is 0 Å². The first-order chi connectivity index (χ1) is 7.69. The molecule has 0 heterocycles. The van der Waals surface area contributed by atoms with Crippen molar-refractivity contribution in [1.82, 2.24) is 0 Å². The van der Waals surface area contributed by atoms with Crippen LogP contribution in [0.15, 0.2) is 22.3 Å². The molecule has 1 rings (SSSR count). The van der Waals surface area contributed by atoms with E-state index in [0.29, 0.717) is 12.9 Å². The quantitative estimate of drug-likeness (QED) is 0.509. The predicted octanol–water partition coefficient (Wildman–Crippen LogP) is 1.76. The van der Waals surface area contributed by atoms with Crippen LogP contribution in [-0.4, -0.2) is 26.2 Å². The zero-order chi connectivity index (χ0) is 12.0. The average molecular weight is 224 g/mol. The summed E-state index contributed by atoms with van der Waals surface area (Å²) in [4.78, 5) is 20.3. The van der Waals surface area contributed by atoms with Gasteiger partial charge in [-0.05, 0) is 37.8 Å². The second-order valence-corrected chi connectivity index (χ2v) is 3.94. The van der Waals surface area contributed by atoms with Gasteiger partial charge in [-0.3, -0.25) is 9.59 Å². The first kappa shape index (κ1) is 12.5. The third-order valence-corrected chi connectivity index (χ3v) is 2.84. The largest absolute Gasteiger partial charge is 0.463 e. The molecule has 88 valence electrons. The van der Waals surface area contributed by atoms with E-state index >= 15 is 0 Å². The number of hydrogen-bond donors (Lipinski definition) is 0. The molecule has 0 N–H and O–H groups in total. The Balaban J connectivity index is 2.74. The van der Waals surface area contributed by atoms with Crippen LogP contribution in [0.2, 0.25) is 0 Å². The van der Waals surface area contributed by atoms with Gasteiger partial charge in [-0.1, -0.05) is 11.1 Å². The van der Waals surface area contributed by atoms with E-state index in [9.17, 15) is 9.59 Å². The van der Waals surface area contributed by atoms with Crippen LogP contribution in [0.3, 0.4) is 0 Å². The highest BCUT2D eigenvalue weighted by Gasteiger charge is 2.16. The monoisotopic (exact) mass is 224 g/mol. The zero-order valence-electron chi connectivity index (χ0n) is 9.62. The first-order valence-corrected chi connectivity index (χ1v) is 5.14. The molecule has 0 atom stereocenters. The summed E-state index contributed by atoms with van der Waals surface area (Å²) in [6, 6.07) is 0. The molecule has 0 saturated carbocycles. The van der Waals surface area contributed by atoms with Gasteiger partial charge in [-0.25, -0.2) is 0 Å². The van der Waals surface area contributed by atoms with Crippen LogP contribution in [0.5, 0.6) is 0 Å². The molecule has 0 unspecified atom stereocenters. The average Bonchev–Trinajstić information content (AvgIpc) is 2.28. The number of carbonyl (C=O) groups excluding carboxylic acids is 2. The van der Waals surface area contributed by atoms with Crippen molar-refractivity contribution in [2.75, 3.05) is 13.2 Å². The standard InChI is InChI=1S/C12H16O4/c1-9-3-11(5-15-7-13)12(4-10(9)2)6-16-8-14/h7-8H,3-6H2,1-2H3. The van der Waals surface area contributed by atoms with E-state index < -0.39 is 0 Å². The molecule has 0 aliphatic heterocycles. The SMILES string of the molecule is CC1=C(C)CC(COC=O)=C(COC=O)C1. The van der Waals surface area contributed by atoms with Crippen molar-refractivity contribution in [2.24, 2.45) is 0 Å². The summed E-state index contributed by atoms with van der Waals surface area (Å²) in [6.07, 6.45) is 1.58. The predicted molar refractivity (Wildman–Crippen MR) is 58.7 cm³/mol. The van der Waals surface area contributed by atoms with E-state index in [1.165, 1.54) is 11.1 Å². The third kappa shape index (κ3) is 3.22. The molecule has 0 aromatic rings. The van der Waals surface area contributed by atoms with E-state index in [1.807, 2.05) is 0 Å².